The van der Waals surface area contributed by atoms with Gasteiger partial charge in [-0.05, 0) is 61.4 Å². The number of benzene rings is 2. The molecule has 8 nitrogen and oxygen atoms in total. The number of amides is 3. The van der Waals surface area contributed by atoms with Gasteiger partial charge >= 0.3 is 5.97 Å². The molecule has 146 valence electrons. The molecule has 8 heteroatoms. The van der Waals surface area contributed by atoms with E-state index in [9.17, 15) is 19.2 Å². The number of primary amides is 1. The lowest BCUT2D eigenvalue weighted by Crippen LogP contribution is -2.32. The van der Waals surface area contributed by atoms with Crippen molar-refractivity contribution in [3.05, 3.63) is 64.7 Å². The number of carbonyl (C=O) groups excluding carboxylic acids is 4. The number of ether oxygens (including phenoxy) is 1. The number of hydrogen-bond acceptors (Lipinski definition) is 5. The average molecular weight is 383 g/mol. The molecule has 0 aliphatic rings. The first-order chi connectivity index (χ1) is 13.3. The highest BCUT2D eigenvalue weighted by Crippen LogP contribution is 2.10. The van der Waals surface area contributed by atoms with Gasteiger partial charge in [0.1, 0.15) is 6.54 Å². The number of nitrogens with one attached hydrogen (secondary N) is 2. The van der Waals surface area contributed by atoms with Gasteiger partial charge in [-0.1, -0.05) is 6.07 Å². The second-order valence-corrected chi connectivity index (χ2v) is 6.13. The van der Waals surface area contributed by atoms with Crippen LogP contribution >= 0.6 is 0 Å². The van der Waals surface area contributed by atoms with Gasteiger partial charge in [-0.15, -0.1) is 0 Å². The Morgan fingerprint density at radius 2 is 1.57 bits per heavy atom. The van der Waals surface area contributed by atoms with E-state index < -0.39 is 30.3 Å². The summed E-state index contributed by atoms with van der Waals surface area (Å²) in [4.78, 5) is 46.5. The molecule has 0 heterocycles. The van der Waals surface area contributed by atoms with Crippen LogP contribution in [0.25, 0.3) is 0 Å². The van der Waals surface area contributed by atoms with Gasteiger partial charge in [-0.3, -0.25) is 19.2 Å². The second kappa shape index (κ2) is 9.31. The molecule has 0 aliphatic heterocycles. The van der Waals surface area contributed by atoms with Crippen molar-refractivity contribution in [3.8, 4) is 0 Å². The van der Waals surface area contributed by atoms with Crippen LogP contribution in [0.5, 0.6) is 0 Å². The van der Waals surface area contributed by atoms with Gasteiger partial charge in [0, 0.05) is 16.8 Å². The SMILES string of the molecule is Cc1ccc(C(=O)NCC(=O)OCC(=O)Nc2ccc(C(N)=O)cc2)cc1C. The lowest BCUT2D eigenvalue weighted by molar-refractivity contribution is -0.146. The average Bonchev–Trinajstić information content (AvgIpc) is 2.67. The fourth-order valence-corrected chi connectivity index (χ4v) is 2.25. The Balaban J connectivity index is 1.75. The third-order valence-corrected chi connectivity index (χ3v) is 3.98. The second-order valence-electron chi connectivity index (χ2n) is 6.13. The Morgan fingerprint density at radius 1 is 0.929 bits per heavy atom. The van der Waals surface area contributed by atoms with Crippen molar-refractivity contribution in [2.45, 2.75) is 13.8 Å². The summed E-state index contributed by atoms with van der Waals surface area (Å²) < 4.78 is 4.83. The highest BCUT2D eigenvalue weighted by atomic mass is 16.5. The Hall–Kier alpha value is -3.68. The molecule has 0 atom stereocenters. The summed E-state index contributed by atoms with van der Waals surface area (Å²) in [7, 11) is 0. The minimum atomic E-state index is -0.739. The summed E-state index contributed by atoms with van der Waals surface area (Å²) >= 11 is 0. The molecule has 0 aliphatic carbocycles. The van der Waals surface area contributed by atoms with E-state index in [1.54, 1.807) is 12.1 Å². The molecule has 2 aromatic rings. The highest BCUT2D eigenvalue weighted by molar-refractivity contribution is 5.97. The number of nitrogens with two attached hydrogens (primary N) is 1. The van der Waals surface area contributed by atoms with Crippen LogP contribution in [0.1, 0.15) is 31.8 Å². The molecule has 0 spiro atoms. The Morgan fingerprint density at radius 3 is 2.18 bits per heavy atom. The molecule has 0 unspecified atom stereocenters. The monoisotopic (exact) mass is 383 g/mol. The van der Waals surface area contributed by atoms with E-state index in [-0.39, 0.29) is 6.54 Å². The quantitative estimate of drug-likeness (QED) is 0.621. The number of anilines is 1. The first-order valence-corrected chi connectivity index (χ1v) is 8.47. The lowest BCUT2D eigenvalue weighted by Gasteiger charge is -2.08. The van der Waals surface area contributed by atoms with Gasteiger partial charge in [0.25, 0.3) is 11.8 Å². The van der Waals surface area contributed by atoms with Crippen LogP contribution in [0.3, 0.4) is 0 Å². The fraction of sp³-hybridized carbons (Fsp3) is 0.200. The molecular formula is C20H21N3O5. The molecule has 4 N–H and O–H groups in total. The molecule has 3 amide bonds. The van der Waals surface area contributed by atoms with Gasteiger partial charge in [0.2, 0.25) is 5.91 Å². The molecule has 0 saturated carbocycles. The zero-order chi connectivity index (χ0) is 20.7. The summed E-state index contributed by atoms with van der Waals surface area (Å²) in [6.07, 6.45) is 0. The molecule has 28 heavy (non-hydrogen) atoms. The van der Waals surface area contributed by atoms with Crippen LogP contribution in [0, 0.1) is 13.8 Å². The van der Waals surface area contributed by atoms with E-state index in [0.717, 1.165) is 11.1 Å². The smallest absolute Gasteiger partial charge is 0.325 e. The topological polar surface area (TPSA) is 128 Å². The lowest BCUT2D eigenvalue weighted by atomic mass is 10.1. The number of rotatable bonds is 7. The zero-order valence-electron chi connectivity index (χ0n) is 15.6. The van der Waals surface area contributed by atoms with Crippen molar-refractivity contribution in [2.24, 2.45) is 5.73 Å². The van der Waals surface area contributed by atoms with E-state index in [2.05, 4.69) is 10.6 Å². The minimum absolute atomic E-state index is 0.309. The van der Waals surface area contributed by atoms with E-state index >= 15 is 0 Å². The third kappa shape index (κ3) is 5.94. The van der Waals surface area contributed by atoms with E-state index in [1.807, 2.05) is 19.9 Å². The van der Waals surface area contributed by atoms with Crippen LogP contribution in [-0.2, 0) is 14.3 Å². The number of hydrogen-bond donors (Lipinski definition) is 3. The number of aryl methyl sites for hydroxylation is 2. The standard InChI is InChI=1S/C20H21N3O5/c1-12-3-4-15(9-13(12)2)20(27)22-10-18(25)28-11-17(24)23-16-7-5-14(6-8-16)19(21)26/h3-9H,10-11H2,1-2H3,(H2,21,26)(H,22,27)(H,23,24). The van der Waals surface area contributed by atoms with Crippen molar-refractivity contribution in [1.29, 1.82) is 0 Å². The largest absolute Gasteiger partial charge is 0.454 e. The molecule has 0 saturated heterocycles. The van der Waals surface area contributed by atoms with Crippen molar-refractivity contribution in [1.82, 2.24) is 5.32 Å². The summed E-state index contributed by atoms with van der Waals surface area (Å²) in [5, 5.41) is 4.96. The summed E-state index contributed by atoms with van der Waals surface area (Å²) in [5.41, 5.74) is 8.34. The zero-order valence-corrected chi connectivity index (χ0v) is 15.6. The molecule has 2 aromatic carbocycles. The molecule has 0 bridgehead atoms. The number of carbonyl (C=O) groups is 4. The molecular weight excluding hydrogens is 362 g/mol. The predicted molar refractivity (Wildman–Crippen MR) is 103 cm³/mol. The number of esters is 1. The highest BCUT2D eigenvalue weighted by Gasteiger charge is 2.12. The van der Waals surface area contributed by atoms with Crippen molar-refractivity contribution in [3.63, 3.8) is 0 Å². The molecule has 2 rings (SSSR count). The van der Waals surface area contributed by atoms with Gasteiger partial charge in [-0.2, -0.15) is 0 Å². The summed E-state index contributed by atoms with van der Waals surface area (Å²) in [6, 6.07) is 11.2. The first-order valence-electron chi connectivity index (χ1n) is 8.47. The Kier molecular flexibility index (Phi) is 6.86. The normalized spacial score (nSPS) is 10.1. The van der Waals surface area contributed by atoms with Crippen molar-refractivity contribution in [2.75, 3.05) is 18.5 Å². The van der Waals surface area contributed by atoms with E-state index in [0.29, 0.717) is 16.8 Å². The molecule has 0 radical (unpaired) electrons. The van der Waals surface area contributed by atoms with E-state index in [4.69, 9.17) is 10.5 Å². The third-order valence-electron chi connectivity index (χ3n) is 3.98. The van der Waals surface area contributed by atoms with Crippen LogP contribution in [0.4, 0.5) is 5.69 Å². The Labute approximate surface area is 162 Å². The fourth-order valence-electron chi connectivity index (χ4n) is 2.25. The Bertz CT molecular complexity index is 907. The first kappa shape index (κ1) is 20.6. The van der Waals surface area contributed by atoms with Gasteiger partial charge < -0.3 is 21.1 Å². The van der Waals surface area contributed by atoms with Gasteiger partial charge in [0.15, 0.2) is 6.61 Å². The summed E-state index contributed by atoms with van der Waals surface area (Å²) in [5.74, 6) is -2.27. The van der Waals surface area contributed by atoms with E-state index in [1.165, 1.54) is 24.3 Å². The molecule has 0 fully saturated rings. The summed E-state index contributed by atoms with van der Waals surface area (Å²) in [6.45, 7) is 2.97. The minimum Gasteiger partial charge on any atom is -0.454 e. The van der Waals surface area contributed by atoms with Crippen molar-refractivity contribution < 1.29 is 23.9 Å². The maximum atomic E-state index is 12.0. The van der Waals surface area contributed by atoms with Crippen LogP contribution in [0.2, 0.25) is 0 Å². The maximum Gasteiger partial charge on any atom is 0.325 e. The maximum absolute atomic E-state index is 12.0. The van der Waals surface area contributed by atoms with Gasteiger partial charge in [-0.25, -0.2) is 0 Å². The van der Waals surface area contributed by atoms with Crippen LogP contribution < -0.4 is 16.4 Å². The predicted octanol–water partition coefficient (Wildman–Crippen LogP) is 1.31. The molecule has 0 aromatic heterocycles. The van der Waals surface area contributed by atoms with Crippen LogP contribution in [-0.4, -0.2) is 36.8 Å². The van der Waals surface area contributed by atoms with Crippen LogP contribution in [0.15, 0.2) is 42.5 Å². The van der Waals surface area contributed by atoms with Crippen molar-refractivity contribution >= 4 is 29.4 Å². The van der Waals surface area contributed by atoms with Gasteiger partial charge in [0.05, 0.1) is 0 Å².